The van der Waals surface area contributed by atoms with Crippen LogP contribution in [0.2, 0.25) is 0 Å². The Labute approximate surface area is 112 Å². The largest absolute Gasteiger partial charge is 0.497 e. The summed E-state index contributed by atoms with van der Waals surface area (Å²) in [6.07, 6.45) is 0.419. The van der Waals surface area contributed by atoms with Crippen molar-refractivity contribution in [3.63, 3.8) is 0 Å². The Kier molecular flexibility index (Phi) is 4.92. The second-order valence-corrected chi connectivity index (χ2v) is 5.02. The number of aldehydes is 1. The number of carbonyl (C=O) groups excluding carboxylic acids is 2. The smallest absolute Gasteiger partial charge is 0.412 e. The predicted molar refractivity (Wildman–Crippen MR) is 72.6 cm³/mol. The number of methoxy groups -OCH3 is 1. The molecule has 1 rings (SSSR count). The molecule has 0 saturated carbocycles. The lowest BCUT2D eigenvalue weighted by molar-refractivity contribution is -0.107. The summed E-state index contributed by atoms with van der Waals surface area (Å²) in [6, 6.07) is 5.10. The molecule has 0 heterocycles. The standard InChI is InChI=1S/C14H19NO4/c1-14(2,3)19-13(17)15-12-6-5-11(18-4)9-10(12)7-8-16/h5-6,8-9H,7H2,1-4H3,(H,15,17). The lowest BCUT2D eigenvalue weighted by Gasteiger charge is -2.20. The van der Waals surface area contributed by atoms with Gasteiger partial charge >= 0.3 is 6.09 Å². The van der Waals surface area contributed by atoms with Crippen molar-refractivity contribution in [2.24, 2.45) is 0 Å². The Bertz CT molecular complexity index is 463. The Morgan fingerprint density at radius 1 is 1.37 bits per heavy atom. The van der Waals surface area contributed by atoms with Crippen LogP contribution in [0.15, 0.2) is 18.2 Å². The average Bonchev–Trinajstić information content (AvgIpc) is 2.29. The van der Waals surface area contributed by atoms with Crippen LogP contribution in [0.3, 0.4) is 0 Å². The fourth-order valence-corrected chi connectivity index (χ4v) is 1.49. The van der Waals surface area contributed by atoms with Crippen LogP contribution in [0, 0.1) is 0 Å². The van der Waals surface area contributed by atoms with E-state index in [1.54, 1.807) is 46.1 Å². The fourth-order valence-electron chi connectivity index (χ4n) is 1.49. The second-order valence-electron chi connectivity index (χ2n) is 5.02. The number of ether oxygens (including phenoxy) is 2. The molecule has 0 saturated heterocycles. The van der Waals surface area contributed by atoms with E-state index in [0.29, 0.717) is 17.0 Å². The Morgan fingerprint density at radius 3 is 2.58 bits per heavy atom. The number of rotatable bonds is 4. The first-order valence-corrected chi connectivity index (χ1v) is 5.96. The van der Waals surface area contributed by atoms with E-state index < -0.39 is 11.7 Å². The van der Waals surface area contributed by atoms with Crippen LogP contribution in [-0.2, 0) is 16.0 Å². The molecule has 0 fully saturated rings. The van der Waals surface area contributed by atoms with Gasteiger partial charge in [-0.2, -0.15) is 0 Å². The topological polar surface area (TPSA) is 64.6 Å². The summed E-state index contributed by atoms with van der Waals surface area (Å²) in [5.74, 6) is 0.631. The molecule has 0 bridgehead atoms. The zero-order valence-electron chi connectivity index (χ0n) is 11.6. The van der Waals surface area contributed by atoms with Crippen molar-refractivity contribution in [2.75, 3.05) is 12.4 Å². The molecule has 0 spiro atoms. The van der Waals surface area contributed by atoms with Gasteiger partial charge in [0.2, 0.25) is 0 Å². The predicted octanol–water partition coefficient (Wildman–Crippen LogP) is 2.78. The van der Waals surface area contributed by atoms with Crippen molar-refractivity contribution in [1.29, 1.82) is 0 Å². The lowest BCUT2D eigenvalue weighted by Crippen LogP contribution is -2.27. The van der Waals surface area contributed by atoms with Crippen molar-refractivity contribution in [3.8, 4) is 5.75 Å². The number of carbonyl (C=O) groups is 2. The molecule has 0 aliphatic rings. The number of nitrogens with one attached hydrogen (secondary N) is 1. The number of hydrogen-bond acceptors (Lipinski definition) is 4. The van der Waals surface area contributed by atoms with Crippen LogP contribution in [0.1, 0.15) is 26.3 Å². The molecule has 5 heteroatoms. The highest BCUT2D eigenvalue weighted by molar-refractivity contribution is 5.86. The first kappa shape index (κ1) is 15.0. The van der Waals surface area contributed by atoms with Crippen LogP contribution in [-0.4, -0.2) is 25.1 Å². The summed E-state index contributed by atoms with van der Waals surface area (Å²) in [4.78, 5) is 22.3. The van der Waals surface area contributed by atoms with Crippen molar-refractivity contribution in [1.82, 2.24) is 0 Å². The van der Waals surface area contributed by atoms with Crippen molar-refractivity contribution < 1.29 is 19.1 Å². The molecule has 0 aliphatic heterocycles. The SMILES string of the molecule is COc1ccc(NC(=O)OC(C)(C)C)c(CC=O)c1. The number of hydrogen-bond donors (Lipinski definition) is 1. The highest BCUT2D eigenvalue weighted by Crippen LogP contribution is 2.23. The third kappa shape index (κ3) is 4.99. The Hall–Kier alpha value is -2.04. The van der Waals surface area contributed by atoms with Gasteiger partial charge in [-0.25, -0.2) is 4.79 Å². The molecule has 1 N–H and O–H groups in total. The van der Waals surface area contributed by atoms with Crippen molar-refractivity contribution in [3.05, 3.63) is 23.8 Å². The average molecular weight is 265 g/mol. The van der Waals surface area contributed by atoms with E-state index in [-0.39, 0.29) is 6.42 Å². The van der Waals surface area contributed by atoms with Gasteiger partial charge in [-0.3, -0.25) is 5.32 Å². The molecule has 104 valence electrons. The van der Waals surface area contributed by atoms with Gasteiger partial charge in [-0.1, -0.05) is 0 Å². The summed E-state index contributed by atoms with van der Waals surface area (Å²) >= 11 is 0. The van der Waals surface area contributed by atoms with Crippen molar-refractivity contribution in [2.45, 2.75) is 32.8 Å². The molecule has 0 aliphatic carbocycles. The highest BCUT2D eigenvalue weighted by Gasteiger charge is 2.17. The highest BCUT2D eigenvalue weighted by atomic mass is 16.6. The molecule has 5 nitrogen and oxygen atoms in total. The lowest BCUT2D eigenvalue weighted by atomic mass is 10.1. The van der Waals surface area contributed by atoms with Gasteiger partial charge < -0.3 is 14.3 Å². The third-order valence-corrected chi connectivity index (χ3v) is 2.25. The summed E-state index contributed by atoms with van der Waals surface area (Å²) in [7, 11) is 1.54. The Morgan fingerprint density at radius 2 is 2.05 bits per heavy atom. The van der Waals surface area contributed by atoms with E-state index in [1.807, 2.05) is 0 Å². The van der Waals surface area contributed by atoms with E-state index in [2.05, 4.69) is 5.32 Å². The summed E-state index contributed by atoms with van der Waals surface area (Å²) in [5, 5.41) is 2.63. The first-order chi connectivity index (χ1) is 8.85. The maximum Gasteiger partial charge on any atom is 0.412 e. The molecule has 0 unspecified atom stereocenters. The minimum atomic E-state index is -0.568. The van der Waals surface area contributed by atoms with Crippen LogP contribution < -0.4 is 10.1 Å². The second kappa shape index (κ2) is 6.22. The molecule has 0 atom stereocenters. The molecule has 1 aromatic rings. The minimum absolute atomic E-state index is 0.197. The molecule has 1 amide bonds. The Balaban J connectivity index is 2.87. The quantitative estimate of drug-likeness (QED) is 0.850. The van der Waals surface area contributed by atoms with Crippen LogP contribution in [0.5, 0.6) is 5.75 Å². The van der Waals surface area contributed by atoms with Crippen LogP contribution >= 0.6 is 0 Å². The van der Waals surface area contributed by atoms with Gasteiger partial charge in [0, 0.05) is 12.1 Å². The zero-order chi connectivity index (χ0) is 14.5. The van der Waals surface area contributed by atoms with Gasteiger partial charge in [0.25, 0.3) is 0 Å². The van der Waals surface area contributed by atoms with E-state index in [9.17, 15) is 9.59 Å². The summed E-state index contributed by atoms with van der Waals surface area (Å²) in [5.41, 5.74) is 0.656. The first-order valence-electron chi connectivity index (χ1n) is 5.96. The third-order valence-electron chi connectivity index (χ3n) is 2.25. The minimum Gasteiger partial charge on any atom is -0.497 e. The number of anilines is 1. The van der Waals surface area contributed by atoms with Crippen molar-refractivity contribution >= 4 is 18.1 Å². The number of benzene rings is 1. The maximum absolute atomic E-state index is 11.7. The fraction of sp³-hybridized carbons (Fsp3) is 0.429. The summed E-state index contributed by atoms with van der Waals surface area (Å²) < 4.78 is 10.2. The molecular weight excluding hydrogens is 246 g/mol. The van der Waals surface area contributed by atoms with E-state index in [4.69, 9.17) is 9.47 Å². The molecule has 1 aromatic carbocycles. The molecule has 0 aromatic heterocycles. The number of amides is 1. The summed E-state index contributed by atoms with van der Waals surface area (Å²) in [6.45, 7) is 5.35. The van der Waals surface area contributed by atoms with Gasteiger partial charge in [0.15, 0.2) is 0 Å². The van der Waals surface area contributed by atoms with Gasteiger partial charge in [0.05, 0.1) is 7.11 Å². The normalized spacial score (nSPS) is 10.7. The molecule has 0 radical (unpaired) electrons. The van der Waals surface area contributed by atoms with Crippen LogP contribution in [0.4, 0.5) is 10.5 Å². The van der Waals surface area contributed by atoms with Gasteiger partial charge in [-0.15, -0.1) is 0 Å². The van der Waals surface area contributed by atoms with Gasteiger partial charge in [0.1, 0.15) is 17.6 Å². The molecular formula is C14H19NO4. The molecule has 19 heavy (non-hydrogen) atoms. The maximum atomic E-state index is 11.7. The van der Waals surface area contributed by atoms with E-state index in [0.717, 1.165) is 6.29 Å². The zero-order valence-corrected chi connectivity index (χ0v) is 11.6. The van der Waals surface area contributed by atoms with Crippen LogP contribution in [0.25, 0.3) is 0 Å². The monoisotopic (exact) mass is 265 g/mol. The van der Waals surface area contributed by atoms with Gasteiger partial charge in [-0.05, 0) is 44.5 Å². The van der Waals surface area contributed by atoms with E-state index in [1.165, 1.54) is 0 Å². The van der Waals surface area contributed by atoms with E-state index >= 15 is 0 Å².